The van der Waals surface area contributed by atoms with Crippen LogP contribution in [0.4, 0.5) is 0 Å². The lowest BCUT2D eigenvalue weighted by atomic mass is 10.0. The Balaban J connectivity index is 1.73. The first-order chi connectivity index (χ1) is 14.4. The third-order valence-corrected chi connectivity index (χ3v) is 5.19. The Bertz CT molecular complexity index is 1280. The summed E-state index contributed by atoms with van der Waals surface area (Å²) in [5, 5.41) is 5.00. The van der Waals surface area contributed by atoms with E-state index >= 15 is 0 Å². The molecule has 0 fully saturated rings. The second-order valence-electron chi connectivity index (χ2n) is 7.42. The van der Waals surface area contributed by atoms with Crippen molar-refractivity contribution in [1.82, 2.24) is 10.4 Å². The molecule has 30 heavy (non-hydrogen) atoms. The number of hydrogen-bond donors (Lipinski definition) is 1. The molecular weight excluding hydrogens is 374 g/mol. The number of pyridine rings is 1. The minimum atomic E-state index is -0.290. The fraction of sp³-hybridized carbons (Fsp3) is 0.160. The lowest BCUT2D eigenvalue weighted by Gasteiger charge is -2.10. The van der Waals surface area contributed by atoms with Crippen LogP contribution in [0.25, 0.3) is 22.2 Å². The molecule has 0 saturated carbocycles. The van der Waals surface area contributed by atoms with Crippen molar-refractivity contribution in [3.05, 3.63) is 88.9 Å². The van der Waals surface area contributed by atoms with Crippen molar-refractivity contribution in [1.29, 1.82) is 0 Å². The van der Waals surface area contributed by atoms with Crippen LogP contribution >= 0.6 is 0 Å². The molecule has 0 aliphatic heterocycles. The van der Waals surface area contributed by atoms with E-state index < -0.39 is 0 Å². The maximum absolute atomic E-state index is 13.0. The summed E-state index contributed by atoms with van der Waals surface area (Å²) in [6.45, 7) is 7.81. The van der Waals surface area contributed by atoms with E-state index in [4.69, 9.17) is 9.40 Å². The number of fused-ring (bicyclic) bond motifs is 1. The molecule has 150 valence electrons. The van der Waals surface area contributed by atoms with Crippen molar-refractivity contribution in [3.63, 3.8) is 0 Å². The molecule has 0 saturated heterocycles. The molecule has 4 rings (SSSR count). The number of hydrogen-bond acceptors (Lipinski definition) is 4. The predicted octanol–water partition coefficient (Wildman–Crippen LogP) is 5.57. The molecule has 5 heteroatoms. The van der Waals surface area contributed by atoms with Crippen LogP contribution < -0.4 is 5.43 Å². The van der Waals surface area contributed by atoms with Crippen molar-refractivity contribution in [3.8, 4) is 11.3 Å². The molecule has 0 aliphatic carbocycles. The SMILES string of the molecule is CC(=NNC(=O)c1cc(-c2ccc(C)c(C)c2)nc2ccccc12)c1ccc(C)o1. The molecule has 0 bridgehead atoms. The van der Waals surface area contributed by atoms with Crippen LogP contribution in [0.5, 0.6) is 0 Å². The molecule has 0 unspecified atom stereocenters. The molecule has 0 aliphatic rings. The third kappa shape index (κ3) is 3.87. The Morgan fingerprint density at radius 3 is 2.50 bits per heavy atom. The summed E-state index contributed by atoms with van der Waals surface area (Å²) >= 11 is 0. The van der Waals surface area contributed by atoms with Crippen LogP contribution in [0.2, 0.25) is 0 Å². The van der Waals surface area contributed by atoms with Crippen LogP contribution in [-0.4, -0.2) is 16.6 Å². The Hall–Kier alpha value is -3.73. The fourth-order valence-electron chi connectivity index (χ4n) is 3.29. The second kappa shape index (κ2) is 7.95. The number of aromatic nitrogens is 1. The summed E-state index contributed by atoms with van der Waals surface area (Å²) in [4.78, 5) is 17.8. The topological polar surface area (TPSA) is 67.5 Å². The highest BCUT2D eigenvalue weighted by molar-refractivity contribution is 6.08. The molecule has 1 amide bonds. The largest absolute Gasteiger partial charge is 0.460 e. The number of rotatable bonds is 4. The average Bonchev–Trinajstić information content (AvgIpc) is 3.19. The molecule has 2 heterocycles. The summed E-state index contributed by atoms with van der Waals surface area (Å²) in [6, 6.07) is 19.3. The van der Waals surface area contributed by atoms with Gasteiger partial charge in [0.15, 0.2) is 0 Å². The second-order valence-corrected chi connectivity index (χ2v) is 7.42. The van der Waals surface area contributed by atoms with Crippen molar-refractivity contribution >= 4 is 22.5 Å². The van der Waals surface area contributed by atoms with Gasteiger partial charge in [-0.05, 0) is 69.2 Å². The van der Waals surface area contributed by atoms with Crippen LogP contribution in [-0.2, 0) is 0 Å². The summed E-state index contributed by atoms with van der Waals surface area (Å²) in [7, 11) is 0. The fourth-order valence-corrected chi connectivity index (χ4v) is 3.29. The van der Waals surface area contributed by atoms with Gasteiger partial charge in [-0.2, -0.15) is 5.10 Å². The van der Waals surface area contributed by atoms with Crippen molar-refractivity contribution in [2.45, 2.75) is 27.7 Å². The summed E-state index contributed by atoms with van der Waals surface area (Å²) in [6.07, 6.45) is 0. The van der Waals surface area contributed by atoms with Crippen LogP contribution in [0.3, 0.4) is 0 Å². The molecule has 0 radical (unpaired) electrons. The summed E-state index contributed by atoms with van der Waals surface area (Å²) in [5.41, 5.74) is 8.68. The van der Waals surface area contributed by atoms with Crippen LogP contribution in [0.1, 0.15) is 39.9 Å². The first-order valence-corrected chi connectivity index (χ1v) is 9.81. The van der Waals surface area contributed by atoms with Gasteiger partial charge in [0.05, 0.1) is 16.8 Å². The quantitative estimate of drug-likeness (QED) is 0.361. The van der Waals surface area contributed by atoms with E-state index in [-0.39, 0.29) is 5.91 Å². The first kappa shape index (κ1) is 19.6. The van der Waals surface area contributed by atoms with E-state index in [1.54, 1.807) is 6.92 Å². The molecule has 5 nitrogen and oxygen atoms in total. The third-order valence-electron chi connectivity index (χ3n) is 5.19. The monoisotopic (exact) mass is 397 g/mol. The number of carbonyl (C=O) groups is 1. The lowest BCUT2D eigenvalue weighted by molar-refractivity contribution is 0.0956. The van der Waals surface area contributed by atoms with Gasteiger partial charge in [-0.1, -0.05) is 30.3 Å². The lowest BCUT2D eigenvalue weighted by Crippen LogP contribution is -2.20. The number of amides is 1. The number of hydrazone groups is 1. The Morgan fingerprint density at radius 2 is 1.77 bits per heavy atom. The van der Waals surface area contributed by atoms with E-state index in [0.29, 0.717) is 17.0 Å². The van der Waals surface area contributed by atoms with Gasteiger partial charge in [0.25, 0.3) is 5.91 Å². The van der Waals surface area contributed by atoms with Crippen molar-refractivity contribution in [2.75, 3.05) is 0 Å². The zero-order valence-corrected chi connectivity index (χ0v) is 17.5. The maximum atomic E-state index is 13.0. The van der Waals surface area contributed by atoms with Gasteiger partial charge in [-0.25, -0.2) is 10.4 Å². The number of para-hydroxylation sites is 1. The van der Waals surface area contributed by atoms with E-state index in [0.717, 1.165) is 27.9 Å². The number of nitrogens with one attached hydrogen (secondary N) is 1. The molecule has 0 atom stereocenters. The zero-order valence-electron chi connectivity index (χ0n) is 17.5. The first-order valence-electron chi connectivity index (χ1n) is 9.81. The number of nitrogens with zero attached hydrogens (tertiary/aromatic N) is 2. The highest BCUT2D eigenvalue weighted by atomic mass is 16.3. The standard InChI is InChI=1S/C25H23N3O2/c1-15-9-11-19(13-16(15)2)23-14-21(20-7-5-6-8-22(20)26-23)25(29)28-27-18(4)24-12-10-17(3)30-24/h5-14H,1-4H3,(H,28,29). The van der Waals surface area contributed by atoms with Gasteiger partial charge in [-0.3, -0.25) is 4.79 Å². The summed E-state index contributed by atoms with van der Waals surface area (Å²) in [5.74, 6) is 1.13. The minimum Gasteiger partial charge on any atom is -0.460 e. The van der Waals surface area contributed by atoms with Gasteiger partial charge in [0.1, 0.15) is 17.2 Å². The molecule has 2 aromatic heterocycles. The minimum absolute atomic E-state index is 0.290. The summed E-state index contributed by atoms with van der Waals surface area (Å²) < 4.78 is 5.56. The normalized spacial score (nSPS) is 11.7. The Labute approximate surface area is 175 Å². The van der Waals surface area contributed by atoms with Gasteiger partial charge in [0.2, 0.25) is 0 Å². The van der Waals surface area contributed by atoms with Crippen LogP contribution in [0, 0.1) is 20.8 Å². The predicted molar refractivity (Wildman–Crippen MR) is 120 cm³/mol. The zero-order chi connectivity index (χ0) is 21.3. The van der Waals surface area contributed by atoms with E-state index in [1.807, 2.05) is 55.5 Å². The Kier molecular flexibility index (Phi) is 5.19. The van der Waals surface area contributed by atoms with E-state index in [2.05, 4.69) is 36.5 Å². The molecular formula is C25H23N3O2. The van der Waals surface area contributed by atoms with E-state index in [1.165, 1.54) is 11.1 Å². The number of furan rings is 1. The number of carbonyl (C=O) groups excluding carboxylic acids is 1. The smallest absolute Gasteiger partial charge is 0.272 e. The van der Waals surface area contributed by atoms with Gasteiger partial charge in [0, 0.05) is 10.9 Å². The maximum Gasteiger partial charge on any atom is 0.272 e. The molecule has 4 aromatic rings. The molecule has 0 spiro atoms. The van der Waals surface area contributed by atoms with Gasteiger partial charge < -0.3 is 4.42 Å². The van der Waals surface area contributed by atoms with Gasteiger partial charge in [-0.15, -0.1) is 0 Å². The molecule has 2 aromatic carbocycles. The molecule has 1 N–H and O–H groups in total. The number of benzene rings is 2. The van der Waals surface area contributed by atoms with Crippen LogP contribution in [0.15, 0.2) is 70.2 Å². The van der Waals surface area contributed by atoms with Crippen molar-refractivity contribution in [2.24, 2.45) is 5.10 Å². The van der Waals surface area contributed by atoms with Gasteiger partial charge >= 0.3 is 0 Å². The average molecular weight is 397 g/mol. The highest BCUT2D eigenvalue weighted by Gasteiger charge is 2.14. The highest BCUT2D eigenvalue weighted by Crippen LogP contribution is 2.26. The number of aryl methyl sites for hydroxylation is 3. The van der Waals surface area contributed by atoms with E-state index in [9.17, 15) is 4.79 Å². The van der Waals surface area contributed by atoms with Crippen molar-refractivity contribution < 1.29 is 9.21 Å². The Morgan fingerprint density at radius 1 is 0.967 bits per heavy atom.